The lowest BCUT2D eigenvalue weighted by atomic mass is 10.1. The fourth-order valence-electron chi connectivity index (χ4n) is 2.53. The van der Waals surface area contributed by atoms with E-state index in [1.165, 1.54) is 6.42 Å². The topological polar surface area (TPSA) is 59.8 Å². The number of carbonyl (C=O) groups is 1. The minimum atomic E-state index is -0.298. The normalized spacial score (nSPS) is 10.4. The van der Waals surface area contributed by atoms with Crippen molar-refractivity contribution in [1.82, 2.24) is 14.8 Å². The summed E-state index contributed by atoms with van der Waals surface area (Å²) in [7, 11) is 0. The second-order valence-electron chi connectivity index (χ2n) is 7.84. The minimum Gasteiger partial charge on any atom is -0.305 e. The maximum Gasteiger partial charge on any atom is 0.277 e. The van der Waals surface area contributed by atoms with E-state index in [9.17, 15) is 4.79 Å². The zero-order chi connectivity index (χ0) is 23.0. The van der Waals surface area contributed by atoms with Crippen LogP contribution in [0.25, 0.3) is 6.08 Å². The largest absolute Gasteiger partial charge is 0.305 e. The lowest BCUT2D eigenvalue weighted by molar-refractivity contribution is 0.102. The Hall–Kier alpha value is -2.92. The summed E-state index contributed by atoms with van der Waals surface area (Å²) in [6, 6.07) is 11.1. The predicted molar refractivity (Wildman–Crippen MR) is 130 cm³/mol. The van der Waals surface area contributed by atoms with Gasteiger partial charge in [0, 0.05) is 16.9 Å². The summed E-state index contributed by atoms with van der Waals surface area (Å²) >= 11 is 6.08. The third-order valence-electron chi connectivity index (χ3n) is 4.93. The van der Waals surface area contributed by atoms with Crippen LogP contribution in [-0.2, 0) is 6.54 Å². The van der Waals surface area contributed by atoms with Crippen LogP contribution in [0.4, 0.5) is 5.82 Å². The Bertz CT molecular complexity index is 1020. The molecule has 0 saturated carbocycles. The molecule has 3 aromatic rings. The lowest BCUT2D eigenvalue weighted by Gasteiger charge is -2.08. The van der Waals surface area contributed by atoms with Crippen molar-refractivity contribution in [3.63, 3.8) is 0 Å². The summed E-state index contributed by atoms with van der Waals surface area (Å²) in [5.74, 6) is 1.06. The first-order valence-electron chi connectivity index (χ1n) is 10.4. The molecule has 0 aliphatic carbocycles. The number of halogens is 1. The van der Waals surface area contributed by atoms with Crippen LogP contribution in [0.3, 0.4) is 0 Å². The van der Waals surface area contributed by atoms with E-state index in [-0.39, 0.29) is 5.91 Å². The monoisotopic (exact) mass is 438 g/mol. The molecule has 1 aromatic carbocycles. The van der Waals surface area contributed by atoms with E-state index in [1.807, 2.05) is 38.1 Å². The molecule has 0 aliphatic rings. The molecule has 0 radical (unpaired) electrons. The maximum atomic E-state index is 12.4. The number of amides is 1. The lowest BCUT2D eigenvalue weighted by Crippen LogP contribution is -2.14. The number of aryl methyl sites for hydroxylation is 2. The highest BCUT2D eigenvalue weighted by atomic mass is 35.5. The molecular formula is C25H31ClN4O. The highest BCUT2D eigenvalue weighted by Gasteiger charge is 2.14. The van der Waals surface area contributed by atoms with E-state index in [0.29, 0.717) is 23.1 Å². The van der Waals surface area contributed by atoms with Gasteiger partial charge < -0.3 is 5.32 Å². The molecule has 1 N–H and O–H groups in total. The van der Waals surface area contributed by atoms with Gasteiger partial charge in [-0.1, -0.05) is 57.5 Å². The molecule has 2 aromatic heterocycles. The molecule has 3 rings (SSSR count). The van der Waals surface area contributed by atoms with Gasteiger partial charge in [0.1, 0.15) is 5.82 Å². The molecule has 0 bridgehead atoms. The van der Waals surface area contributed by atoms with Crippen molar-refractivity contribution in [3.05, 3.63) is 82.3 Å². The zero-order valence-electron chi connectivity index (χ0n) is 18.9. The van der Waals surface area contributed by atoms with Gasteiger partial charge in [-0.3, -0.25) is 9.48 Å². The van der Waals surface area contributed by atoms with Crippen LogP contribution in [0.2, 0.25) is 5.02 Å². The Morgan fingerprint density at radius 1 is 1.23 bits per heavy atom. The van der Waals surface area contributed by atoms with Gasteiger partial charge in [0.15, 0.2) is 5.69 Å². The number of hydrogen-bond acceptors (Lipinski definition) is 3. The number of nitrogens with one attached hydrogen (secondary N) is 1. The first-order valence-corrected chi connectivity index (χ1v) is 10.8. The number of carbonyl (C=O) groups excluding carboxylic acids is 1. The first-order chi connectivity index (χ1) is 14.7. The van der Waals surface area contributed by atoms with E-state index in [4.69, 9.17) is 11.6 Å². The molecule has 1 amide bonds. The van der Waals surface area contributed by atoms with Crippen LogP contribution < -0.4 is 5.32 Å². The van der Waals surface area contributed by atoms with E-state index < -0.39 is 0 Å². The molecule has 0 aliphatic heterocycles. The summed E-state index contributed by atoms with van der Waals surface area (Å²) in [5.41, 5.74) is 4.32. The van der Waals surface area contributed by atoms with Gasteiger partial charge in [-0.15, -0.1) is 0 Å². The summed E-state index contributed by atoms with van der Waals surface area (Å²) in [5, 5.41) is 7.86. The van der Waals surface area contributed by atoms with Crippen LogP contribution in [-0.4, -0.2) is 20.7 Å². The average molecular weight is 439 g/mol. The van der Waals surface area contributed by atoms with Gasteiger partial charge in [0.05, 0.1) is 6.54 Å². The SMILES string of the molecule is C=Cc1ccc(NC(=O)c2cc(C)n(Cc3cc(Cl)ccc3C)n2)nc1.CCC(C)C. The Labute approximate surface area is 190 Å². The van der Waals surface area contributed by atoms with Crippen LogP contribution in [0, 0.1) is 19.8 Å². The third-order valence-corrected chi connectivity index (χ3v) is 5.16. The third kappa shape index (κ3) is 7.37. The molecule has 31 heavy (non-hydrogen) atoms. The zero-order valence-corrected chi connectivity index (χ0v) is 19.7. The van der Waals surface area contributed by atoms with Crippen LogP contribution in [0.1, 0.15) is 60.1 Å². The summed E-state index contributed by atoms with van der Waals surface area (Å²) in [6.45, 7) is 14.8. The van der Waals surface area contributed by atoms with Gasteiger partial charge in [-0.2, -0.15) is 5.10 Å². The van der Waals surface area contributed by atoms with Gasteiger partial charge in [0.25, 0.3) is 5.91 Å². The number of benzene rings is 1. The minimum absolute atomic E-state index is 0.298. The summed E-state index contributed by atoms with van der Waals surface area (Å²) < 4.78 is 1.79. The smallest absolute Gasteiger partial charge is 0.277 e. The Morgan fingerprint density at radius 3 is 2.52 bits per heavy atom. The number of anilines is 1. The Morgan fingerprint density at radius 2 is 1.94 bits per heavy atom. The molecular weight excluding hydrogens is 408 g/mol. The molecule has 5 nitrogen and oxygen atoms in total. The van der Waals surface area contributed by atoms with Gasteiger partial charge in [0.2, 0.25) is 0 Å². The molecule has 2 heterocycles. The Kier molecular flexibility index (Phi) is 9.01. The van der Waals surface area contributed by atoms with Gasteiger partial charge in [-0.25, -0.2) is 4.98 Å². The molecule has 0 atom stereocenters. The van der Waals surface area contributed by atoms with E-state index in [1.54, 1.807) is 29.1 Å². The molecule has 6 heteroatoms. The van der Waals surface area contributed by atoms with Gasteiger partial charge >= 0.3 is 0 Å². The fraction of sp³-hybridized carbons (Fsp3) is 0.320. The van der Waals surface area contributed by atoms with Crippen LogP contribution in [0.15, 0.2) is 49.2 Å². The standard InChI is InChI=1S/C20H19ClN4O.C5H12/c1-4-15-6-8-19(22-11-15)23-20(26)18-9-14(3)25(24-18)12-16-10-17(21)7-5-13(16)2;1-4-5(2)3/h4-11H,1,12H2,2-3H3,(H,22,23,26);5H,4H2,1-3H3. The van der Waals surface area contributed by atoms with Crippen molar-refractivity contribution in [2.75, 3.05) is 5.32 Å². The summed E-state index contributed by atoms with van der Waals surface area (Å²) in [4.78, 5) is 16.6. The second kappa shape index (κ2) is 11.5. The highest BCUT2D eigenvalue weighted by molar-refractivity contribution is 6.30. The van der Waals surface area contributed by atoms with Crippen molar-refractivity contribution >= 4 is 29.4 Å². The second-order valence-corrected chi connectivity index (χ2v) is 8.27. The number of nitrogens with zero attached hydrogens (tertiary/aromatic N) is 3. The summed E-state index contributed by atoms with van der Waals surface area (Å²) in [6.07, 6.45) is 4.65. The average Bonchev–Trinajstić information content (AvgIpc) is 3.12. The molecule has 0 spiro atoms. The highest BCUT2D eigenvalue weighted by Crippen LogP contribution is 2.18. The Balaban J connectivity index is 0.000000614. The van der Waals surface area contributed by atoms with E-state index in [2.05, 4.69) is 42.7 Å². The van der Waals surface area contributed by atoms with Crippen molar-refractivity contribution in [2.45, 2.75) is 47.6 Å². The van der Waals surface area contributed by atoms with Crippen molar-refractivity contribution in [3.8, 4) is 0 Å². The number of aromatic nitrogens is 3. The van der Waals surface area contributed by atoms with E-state index in [0.717, 1.165) is 28.3 Å². The first kappa shape index (κ1) is 24.4. The number of rotatable bonds is 6. The van der Waals surface area contributed by atoms with E-state index >= 15 is 0 Å². The molecule has 0 unspecified atom stereocenters. The number of pyridine rings is 1. The molecule has 0 saturated heterocycles. The number of hydrogen-bond donors (Lipinski definition) is 1. The maximum absolute atomic E-state index is 12.4. The van der Waals surface area contributed by atoms with Crippen LogP contribution >= 0.6 is 11.6 Å². The fourth-order valence-corrected chi connectivity index (χ4v) is 2.73. The van der Waals surface area contributed by atoms with Crippen LogP contribution in [0.5, 0.6) is 0 Å². The molecule has 0 fully saturated rings. The molecule has 164 valence electrons. The quantitative estimate of drug-likeness (QED) is 0.475. The predicted octanol–water partition coefficient (Wildman–Crippen LogP) is 6.54. The van der Waals surface area contributed by atoms with Crippen molar-refractivity contribution in [1.29, 1.82) is 0 Å². The van der Waals surface area contributed by atoms with Crippen molar-refractivity contribution < 1.29 is 4.79 Å². The van der Waals surface area contributed by atoms with Crippen molar-refractivity contribution in [2.24, 2.45) is 5.92 Å². The van der Waals surface area contributed by atoms with Gasteiger partial charge in [-0.05, 0) is 66.8 Å².